The quantitative estimate of drug-likeness (QED) is 0.337. The van der Waals surface area contributed by atoms with E-state index in [4.69, 9.17) is 11.3 Å². The average molecular weight is 376 g/mol. The van der Waals surface area contributed by atoms with Gasteiger partial charge in [0.2, 0.25) is 0 Å². The highest BCUT2D eigenvalue weighted by atomic mass is 16.5. The van der Waals surface area contributed by atoms with Gasteiger partial charge in [-0.15, -0.1) is 0 Å². The number of hydrogen-bond donors (Lipinski definition) is 0. The minimum Gasteiger partial charge on any atom is -0.496 e. The van der Waals surface area contributed by atoms with Crippen molar-refractivity contribution >= 4 is 17.5 Å². The van der Waals surface area contributed by atoms with E-state index in [9.17, 15) is 4.79 Å². The van der Waals surface area contributed by atoms with Crippen molar-refractivity contribution in [3.63, 3.8) is 0 Å². The van der Waals surface area contributed by atoms with E-state index in [1.807, 2.05) is 6.08 Å². The van der Waals surface area contributed by atoms with Gasteiger partial charge in [-0.05, 0) is 45.7 Å². The van der Waals surface area contributed by atoms with E-state index in [0.717, 1.165) is 5.56 Å². The van der Waals surface area contributed by atoms with Crippen LogP contribution in [-0.2, 0) is 10.8 Å². The number of nitrogens with zero attached hydrogens (tertiary/aromatic N) is 1. The summed E-state index contributed by atoms with van der Waals surface area (Å²) in [5, 5.41) is 0. The van der Waals surface area contributed by atoms with E-state index in [-0.39, 0.29) is 16.6 Å². The minimum atomic E-state index is -0.180. The number of rotatable bonds is 4. The van der Waals surface area contributed by atoms with Crippen molar-refractivity contribution < 1.29 is 9.53 Å². The van der Waals surface area contributed by atoms with E-state index in [2.05, 4.69) is 64.6 Å². The molecule has 0 saturated heterocycles. The molecular formula is C25H29NO2. The molecule has 0 aliphatic carbocycles. The van der Waals surface area contributed by atoms with Gasteiger partial charge in [0.05, 0.1) is 19.2 Å². The molecule has 0 spiro atoms. The Kier molecular flexibility index (Phi) is 6.14. The van der Waals surface area contributed by atoms with E-state index in [1.54, 1.807) is 24.3 Å². The van der Waals surface area contributed by atoms with Crippen molar-refractivity contribution in [1.82, 2.24) is 0 Å². The van der Waals surface area contributed by atoms with Crippen LogP contribution in [0.2, 0.25) is 0 Å². The Morgan fingerprint density at radius 2 is 1.54 bits per heavy atom. The van der Waals surface area contributed by atoms with Gasteiger partial charge in [0.1, 0.15) is 5.75 Å². The second kappa shape index (κ2) is 8.02. The molecule has 0 atom stereocenters. The molecule has 0 aliphatic rings. The van der Waals surface area contributed by atoms with Gasteiger partial charge in [0, 0.05) is 0 Å². The number of methoxy groups -OCH3 is 1. The lowest BCUT2D eigenvalue weighted by Gasteiger charge is -2.25. The van der Waals surface area contributed by atoms with E-state index in [0.29, 0.717) is 17.0 Å². The van der Waals surface area contributed by atoms with Crippen LogP contribution in [0.3, 0.4) is 0 Å². The molecule has 2 rings (SSSR count). The topological polar surface area (TPSA) is 30.7 Å². The predicted octanol–water partition coefficient (Wildman–Crippen LogP) is 6.74. The van der Waals surface area contributed by atoms with Gasteiger partial charge < -0.3 is 4.74 Å². The number of benzene rings is 2. The molecule has 0 aromatic heterocycles. The fourth-order valence-electron chi connectivity index (χ4n) is 2.83. The summed E-state index contributed by atoms with van der Waals surface area (Å²) in [4.78, 5) is 16.2. The summed E-state index contributed by atoms with van der Waals surface area (Å²) in [5.41, 5.74) is 4.31. The summed E-state index contributed by atoms with van der Waals surface area (Å²) in [6.45, 7) is 20.3. The maximum absolute atomic E-state index is 12.8. The van der Waals surface area contributed by atoms with E-state index in [1.165, 1.54) is 18.2 Å². The van der Waals surface area contributed by atoms with Crippen LogP contribution in [0.5, 0.6) is 5.75 Å². The Morgan fingerprint density at radius 1 is 0.964 bits per heavy atom. The molecule has 0 amide bonds. The van der Waals surface area contributed by atoms with Crippen LogP contribution in [0.25, 0.3) is 10.9 Å². The molecule has 2 aromatic rings. The number of ether oxygens (including phenoxy) is 1. The van der Waals surface area contributed by atoms with E-state index < -0.39 is 0 Å². The van der Waals surface area contributed by atoms with Crippen molar-refractivity contribution in [2.45, 2.75) is 52.4 Å². The van der Waals surface area contributed by atoms with Crippen LogP contribution in [-0.4, -0.2) is 12.9 Å². The fourth-order valence-corrected chi connectivity index (χ4v) is 2.83. The minimum absolute atomic E-state index is 0.0149. The van der Waals surface area contributed by atoms with Gasteiger partial charge in [0.25, 0.3) is 0 Å². The van der Waals surface area contributed by atoms with Crippen molar-refractivity contribution in [3.05, 3.63) is 76.1 Å². The van der Waals surface area contributed by atoms with Crippen LogP contribution in [0.4, 0.5) is 5.69 Å². The molecule has 28 heavy (non-hydrogen) atoms. The Hall–Kier alpha value is -2.86. The number of carbonyl (C=O) groups is 1. The highest BCUT2D eigenvalue weighted by Gasteiger charge is 2.20. The standard InChI is InChI=1S/C25H29NO2/c1-24(2,3)18-13-17(14-19(15-18)25(4,5)6)9-11-22(27)21-16-20(26-7)10-12-23(21)28-8/h9-16H,1-6,8H3/b11-9+. The summed E-state index contributed by atoms with van der Waals surface area (Å²) in [5.74, 6) is 0.293. The number of allylic oxidation sites excluding steroid dienone is 1. The zero-order valence-corrected chi connectivity index (χ0v) is 17.9. The lowest BCUT2D eigenvalue weighted by atomic mass is 9.79. The highest BCUT2D eigenvalue weighted by molar-refractivity contribution is 6.09. The van der Waals surface area contributed by atoms with Gasteiger partial charge in [-0.2, -0.15) is 0 Å². The molecular weight excluding hydrogens is 346 g/mol. The average Bonchev–Trinajstić information content (AvgIpc) is 2.63. The predicted molar refractivity (Wildman–Crippen MR) is 116 cm³/mol. The van der Waals surface area contributed by atoms with E-state index >= 15 is 0 Å². The fraction of sp³-hybridized carbons (Fsp3) is 0.360. The lowest BCUT2D eigenvalue weighted by Crippen LogP contribution is -2.16. The maximum atomic E-state index is 12.8. The molecule has 0 bridgehead atoms. The van der Waals surface area contributed by atoms with Crippen LogP contribution in [0, 0.1) is 6.57 Å². The van der Waals surface area contributed by atoms with Crippen LogP contribution in [0.15, 0.2) is 42.5 Å². The van der Waals surface area contributed by atoms with Crippen molar-refractivity contribution in [3.8, 4) is 5.75 Å². The van der Waals surface area contributed by atoms with Crippen molar-refractivity contribution in [2.24, 2.45) is 0 Å². The smallest absolute Gasteiger partial charge is 0.188 e. The first-order valence-corrected chi connectivity index (χ1v) is 9.39. The Labute approximate surface area is 168 Å². The summed E-state index contributed by atoms with van der Waals surface area (Å²) >= 11 is 0. The largest absolute Gasteiger partial charge is 0.496 e. The van der Waals surface area contributed by atoms with Crippen LogP contribution in [0.1, 0.15) is 68.6 Å². The molecule has 2 aromatic carbocycles. The normalized spacial score (nSPS) is 12.1. The molecule has 0 saturated carbocycles. The third-order valence-electron chi connectivity index (χ3n) is 4.69. The van der Waals surface area contributed by atoms with Crippen molar-refractivity contribution in [2.75, 3.05) is 7.11 Å². The number of hydrogen-bond acceptors (Lipinski definition) is 2. The van der Waals surface area contributed by atoms with Gasteiger partial charge in [-0.3, -0.25) is 4.79 Å². The third-order valence-corrected chi connectivity index (χ3v) is 4.69. The zero-order valence-electron chi connectivity index (χ0n) is 17.9. The second-order valence-corrected chi connectivity index (χ2v) is 9.04. The monoisotopic (exact) mass is 375 g/mol. The molecule has 0 aliphatic heterocycles. The number of ketones is 1. The maximum Gasteiger partial charge on any atom is 0.188 e. The van der Waals surface area contributed by atoms with Gasteiger partial charge in [-0.25, -0.2) is 4.85 Å². The first kappa shape index (κ1) is 21.4. The molecule has 0 unspecified atom stereocenters. The molecule has 0 fully saturated rings. The van der Waals surface area contributed by atoms with Gasteiger partial charge >= 0.3 is 0 Å². The third kappa shape index (κ3) is 5.10. The highest BCUT2D eigenvalue weighted by Crippen LogP contribution is 2.31. The molecule has 146 valence electrons. The SMILES string of the molecule is [C-]#[N+]c1ccc(OC)c(C(=O)/C=C/c2cc(C(C)(C)C)cc(C(C)(C)C)c2)c1. The molecule has 0 radical (unpaired) electrons. The first-order chi connectivity index (χ1) is 13.0. The first-order valence-electron chi connectivity index (χ1n) is 9.39. The molecule has 0 heterocycles. The Bertz CT molecular complexity index is 916. The van der Waals surface area contributed by atoms with Crippen LogP contribution < -0.4 is 4.74 Å². The summed E-state index contributed by atoms with van der Waals surface area (Å²) in [6.07, 6.45) is 3.40. The van der Waals surface area contributed by atoms with Gasteiger partial charge in [-0.1, -0.05) is 71.9 Å². The summed E-state index contributed by atoms with van der Waals surface area (Å²) in [6, 6.07) is 11.4. The Morgan fingerprint density at radius 3 is 2.00 bits per heavy atom. The lowest BCUT2D eigenvalue weighted by molar-refractivity contribution is 0.104. The second-order valence-electron chi connectivity index (χ2n) is 9.04. The van der Waals surface area contributed by atoms with Crippen LogP contribution >= 0.6 is 0 Å². The molecule has 0 N–H and O–H groups in total. The van der Waals surface area contributed by atoms with Gasteiger partial charge in [0.15, 0.2) is 11.5 Å². The zero-order chi connectivity index (χ0) is 21.1. The molecule has 3 nitrogen and oxygen atoms in total. The number of carbonyl (C=O) groups excluding carboxylic acids is 1. The summed E-state index contributed by atoms with van der Waals surface area (Å²) < 4.78 is 5.29. The summed E-state index contributed by atoms with van der Waals surface area (Å²) in [7, 11) is 1.52. The van der Waals surface area contributed by atoms with Crippen molar-refractivity contribution in [1.29, 1.82) is 0 Å². The Balaban J connectivity index is 2.46. The molecule has 3 heteroatoms.